The Morgan fingerprint density at radius 1 is 1.43 bits per heavy atom. The van der Waals surface area contributed by atoms with Crippen molar-refractivity contribution in [2.24, 2.45) is 0 Å². The fourth-order valence-corrected chi connectivity index (χ4v) is 2.42. The zero-order chi connectivity index (χ0) is 14.1. The zero-order valence-corrected chi connectivity index (χ0v) is 12.5. The number of hydrogen-bond acceptors (Lipinski definition) is 4. The summed E-state index contributed by atoms with van der Waals surface area (Å²) in [6.45, 7) is 2.57. The second kappa shape index (κ2) is 6.32. The highest BCUT2D eigenvalue weighted by Crippen LogP contribution is 2.32. The van der Waals surface area contributed by atoms with E-state index in [0.717, 1.165) is 19.4 Å². The minimum absolute atomic E-state index is 0. The number of carbonyl (C=O) groups is 2. The van der Waals surface area contributed by atoms with Gasteiger partial charge in [0.1, 0.15) is 5.75 Å². The molecular formula is C14H18ClN3O3. The number of anilines is 2. The Morgan fingerprint density at radius 3 is 2.95 bits per heavy atom. The highest BCUT2D eigenvalue weighted by atomic mass is 35.5. The summed E-state index contributed by atoms with van der Waals surface area (Å²) in [5.74, 6) is 0.395. The van der Waals surface area contributed by atoms with Crippen molar-refractivity contribution in [2.45, 2.75) is 31.9 Å². The van der Waals surface area contributed by atoms with Crippen LogP contribution in [0, 0.1) is 0 Å². The molecule has 1 aromatic carbocycles. The Bertz CT molecular complexity index is 558. The summed E-state index contributed by atoms with van der Waals surface area (Å²) >= 11 is 0. The average Bonchev–Trinajstić information content (AvgIpc) is 2.94. The molecule has 21 heavy (non-hydrogen) atoms. The molecule has 1 fully saturated rings. The second-order valence-electron chi connectivity index (χ2n) is 5.10. The third kappa shape index (κ3) is 3.28. The Balaban J connectivity index is 0.00000161. The van der Waals surface area contributed by atoms with Crippen LogP contribution in [0.15, 0.2) is 18.2 Å². The van der Waals surface area contributed by atoms with Crippen molar-refractivity contribution in [3.63, 3.8) is 0 Å². The molecule has 0 aromatic heterocycles. The molecule has 1 aromatic rings. The molecule has 114 valence electrons. The number of carbonyl (C=O) groups excluding carboxylic acids is 2. The Hall–Kier alpha value is -1.79. The quantitative estimate of drug-likeness (QED) is 0.773. The maximum absolute atomic E-state index is 12.0. The van der Waals surface area contributed by atoms with Crippen LogP contribution in [0.3, 0.4) is 0 Å². The van der Waals surface area contributed by atoms with Gasteiger partial charge in [-0.3, -0.25) is 9.59 Å². The molecule has 2 atom stereocenters. The van der Waals surface area contributed by atoms with Crippen molar-refractivity contribution in [1.82, 2.24) is 5.32 Å². The van der Waals surface area contributed by atoms with Crippen LogP contribution in [0.4, 0.5) is 11.4 Å². The normalized spacial score (nSPS) is 23.4. The SMILES string of the molecule is CC1Oc2ccc(NC(=O)[C@@H]3CCCN3)cc2NC1=O.Cl. The molecule has 2 heterocycles. The van der Waals surface area contributed by atoms with Gasteiger partial charge in [-0.15, -0.1) is 12.4 Å². The first-order valence-electron chi connectivity index (χ1n) is 6.79. The predicted octanol–water partition coefficient (Wildman–Crippen LogP) is 1.52. The largest absolute Gasteiger partial charge is 0.479 e. The van der Waals surface area contributed by atoms with Gasteiger partial charge >= 0.3 is 0 Å². The minimum Gasteiger partial charge on any atom is -0.479 e. The minimum atomic E-state index is -0.495. The van der Waals surface area contributed by atoms with E-state index in [-0.39, 0.29) is 30.3 Å². The van der Waals surface area contributed by atoms with E-state index in [1.807, 2.05) is 0 Å². The Labute approximate surface area is 129 Å². The monoisotopic (exact) mass is 311 g/mol. The van der Waals surface area contributed by atoms with E-state index >= 15 is 0 Å². The molecule has 0 bridgehead atoms. The van der Waals surface area contributed by atoms with Gasteiger partial charge in [0.05, 0.1) is 11.7 Å². The van der Waals surface area contributed by atoms with E-state index in [9.17, 15) is 9.59 Å². The van der Waals surface area contributed by atoms with Gasteiger partial charge in [-0.2, -0.15) is 0 Å². The van der Waals surface area contributed by atoms with Crippen LogP contribution in [0.25, 0.3) is 0 Å². The van der Waals surface area contributed by atoms with Crippen molar-refractivity contribution in [2.75, 3.05) is 17.2 Å². The summed E-state index contributed by atoms with van der Waals surface area (Å²) < 4.78 is 5.47. The van der Waals surface area contributed by atoms with Gasteiger partial charge in [0.15, 0.2) is 6.10 Å². The Kier molecular flexibility index (Phi) is 4.69. The van der Waals surface area contributed by atoms with E-state index in [1.54, 1.807) is 25.1 Å². The summed E-state index contributed by atoms with van der Waals surface area (Å²) in [7, 11) is 0. The lowest BCUT2D eigenvalue weighted by molar-refractivity contribution is -0.122. The first kappa shape index (κ1) is 15.6. The molecule has 0 aliphatic carbocycles. The van der Waals surface area contributed by atoms with Crippen molar-refractivity contribution in [3.05, 3.63) is 18.2 Å². The zero-order valence-electron chi connectivity index (χ0n) is 11.6. The second-order valence-corrected chi connectivity index (χ2v) is 5.10. The summed E-state index contributed by atoms with van der Waals surface area (Å²) in [4.78, 5) is 23.6. The lowest BCUT2D eigenvalue weighted by Crippen LogP contribution is -2.36. The fraction of sp³-hybridized carbons (Fsp3) is 0.429. The maximum Gasteiger partial charge on any atom is 0.265 e. The van der Waals surface area contributed by atoms with Crippen LogP contribution >= 0.6 is 12.4 Å². The third-order valence-electron chi connectivity index (χ3n) is 3.55. The summed E-state index contributed by atoms with van der Waals surface area (Å²) in [5.41, 5.74) is 1.24. The number of halogens is 1. The molecular weight excluding hydrogens is 294 g/mol. The van der Waals surface area contributed by atoms with Crippen molar-refractivity contribution >= 4 is 35.6 Å². The lowest BCUT2D eigenvalue weighted by atomic mass is 10.2. The molecule has 0 spiro atoms. The van der Waals surface area contributed by atoms with Gasteiger partial charge in [0.25, 0.3) is 5.91 Å². The van der Waals surface area contributed by atoms with Gasteiger partial charge in [-0.1, -0.05) is 0 Å². The van der Waals surface area contributed by atoms with Gasteiger partial charge in [0.2, 0.25) is 5.91 Å². The molecule has 7 heteroatoms. The number of benzene rings is 1. The number of rotatable bonds is 2. The summed E-state index contributed by atoms with van der Waals surface area (Å²) in [5, 5.41) is 8.76. The summed E-state index contributed by atoms with van der Waals surface area (Å²) in [6, 6.07) is 5.11. The van der Waals surface area contributed by atoms with Crippen LogP contribution in [-0.2, 0) is 9.59 Å². The van der Waals surface area contributed by atoms with Gasteiger partial charge in [0, 0.05) is 5.69 Å². The van der Waals surface area contributed by atoms with Gasteiger partial charge in [-0.05, 0) is 44.5 Å². The molecule has 3 N–H and O–H groups in total. The molecule has 0 saturated carbocycles. The van der Waals surface area contributed by atoms with Crippen LogP contribution in [0.1, 0.15) is 19.8 Å². The van der Waals surface area contributed by atoms with E-state index in [0.29, 0.717) is 17.1 Å². The first-order chi connectivity index (χ1) is 9.63. The number of amides is 2. The molecule has 0 radical (unpaired) electrons. The predicted molar refractivity (Wildman–Crippen MR) is 82.1 cm³/mol. The van der Waals surface area contributed by atoms with Gasteiger partial charge in [-0.25, -0.2) is 0 Å². The lowest BCUT2D eigenvalue weighted by Gasteiger charge is -2.23. The summed E-state index contributed by atoms with van der Waals surface area (Å²) in [6.07, 6.45) is 1.38. The molecule has 3 rings (SSSR count). The average molecular weight is 312 g/mol. The van der Waals surface area contributed by atoms with E-state index < -0.39 is 6.10 Å². The molecule has 6 nitrogen and oxygen atoms in total. The van der Waals surface area contributed by atoms with Gasteiger partial charge < -0.3 is 20.7 Å². The fourth-order valence-electron chi connectivity index (χ4n) is 2.42. The smallest absolute Gasteiger partial charge is 0.265 e. The number of nitrogens with one attached hydrogen (secondary N) is 3. The molecule has 1 unspecified atom stereocenters. The maximum atomic E-state index is 12.0. The highest BCUT2D eigenvalue weighted by Gasteiger charge is 2.25. The Morgan fingerprint density at radius 2 is 2.24 bits per heavy atom. The number of fused-ring (bicyclic) bond motifs is 1. The highest BCUT2D eigenvalue weighted by molar-refractivity contribution is 6.00. The number of ether oxygens (including phenoxy) is 1. The van der Waals surface area contributed by atoms with Crippen LogP contribution < -0.4 is 20.7 Å². The topological polar surface area (TPSA) is 79.5 Å². The van der Waals surface area contributed by atoms with E-state index in [4.69, 9.17) is 4.74 Å². The van der Waals surface area contributed by atoms with Crippen LogP contribution in [-0.4, -0.2) is 30.5 Å². The molecule has 2 aliphatic rings. The molecule has 2 amide bonds. The van der Waals surface area contributed by atoms with E-state index in [1.165, 1.54) is 0 Å². The van der Waals surface area contributed by atoms with Crippen molar-refractivity contribution in [3.8, 4) is 5.75 Å². The molecule has 1 saturated heterocycles. The van der Waals surface area contributed by atoms with E-state index in [2.05, 4.69) is 16.0 Å². The molecule has 2 aliphatic heterocycles. The number of hydrogen-bond donors (Lipinski definition) is 3. The van der Waals surface area contributed by atoms with Crippen LogP contribution in [0.5, 0.6) is 5.75 Å². The first-order valence-corrected chi connectivity index (χ1v) is 6.79. The standard InChI is InChI=1S/C14H17N3O3.ClH/c1-8-13(18)17-11-7-9(4-5-12(11)20-8)16-14(19)10-3-2-6-15-10;/h4-5,7-8,10,15H,2-3,6H2,1H3,(H,16,19)(H,17,18);1H/t8?,10-;/m0./s1. The third-order valence-corrected chi connectivity index (χ3v) is 3.55. The van der Waals surface area contributed by atoms with Crippen molar-refractivity contribution < 1.29 is 14.3 Å². The van der Waals surface area contributed by atoms with Crippen molar-refractivity contribution in [1.29, 1.82) is 0 Å². The van der Waals surface area contributed by atoms with Crippen LogP contribution in [0.2, 0.25) is 0 Å².